The molecule has 68 heavy (non-hydrogen) atoms. The number of para-hydroxylation sites is 1. The lowest BCUT2D eigenvalue weighted by molar-refractivity contribution is -0.272. The first kappa shape index (κ1) is 55.3. The molecule has 1 unspecified atom stereocenters. The topological polar surface area (TPSA) is 110 Å². The molecule has 0 aromatic heterocycles. The minimum Gasteiger partial charge on any atom is -0.497 e. The van der Waals surface area contributed by atoms with Gasteiger partial charge in [0, 0.05) is 12.1 Å². The average molecular weight is 987 g/mol. The highest BCUT2D eigenvalue weighted by molar-refractivity contribution is 7.44. The summed E-state index contributed by atoms with van der Waals surface area (Å²) in [4.78, 5) is 0. The number of benzene rings is 4. The minimum absolute atomic E-state index is 0.0150. The zero-order chi connectivity index (χ0) is 50.1. The number of ether oxygens (including phenoxy) is 5. The second kappa shape index (κ2) is 23.5. The Bertz CT molecular complexity index is 2120. The summed E-state index contributed by atoms with van der Waals surface area (Å²) in [5, 5.41) is 9.35. The van der Waals surface area contributed by atoms with E-state index in [-0.39, 0.29) is 41.8 Å². The van der Waals surface area contributed by atoms with Crippen molar-refractivity contribution in [3.8, 4) is 23.3 Å². The molecule has 1 saturated heterocycles. The van der Waals surface area contributed by atoms with Crippen LogP contribution in [0.3, 0.4) is 0 Å². The quantitative estimate of drug-likeness (QED) is 0.0325. The van der Waals surface area contributed by atoms with Crippen LogP contribution in [0, 0.1) is 11.3 Å². The zero-order valence-corrected chi connectivity index (χ0v) is 46.5. The molecule has 1 aliphatic heterocycles. The third-order valence-corrected chi connectivity index (χ3v) is 24.6. The highest BCUT2D eigenvalue weighted by atomic mass is 31.2. The average Bonchev–Trinajstić information content (AvgIpc) is 3.28. The second-order valence-corrected chi connectivity index (χ2v) is 32.0. The molecule has 11 nitrogen and oxygen atoms in total. The van der Waals surface area contributed by atoms with Gasteiger partial charge in [-0.1, -0.05) is 114 Å². The van der Waals surface area contributed by atoms with E-state index >= 15 is 0 Å². The first-order valence-corrected chi connectivity index (χ1v) is 30.9. The Hall–Kier alpha value is -3.65. The van der Waals surface area contributed by atoms with Gasteiger partial charge in [0.2, 0.25) is 6.29 Å². The molecule has 1 fully saturated rings. The number of nitriles is 1. The predicted molar refractivity (Wildman–Crippen MR) is 278 cm³/mol. The van der Waals surface area contributed by atoms with E-state index < -0.39 is 61.5 Å². The summed E-state index contributed by atoms with van der Waals surface area (Å²) in [6, 6.07) is 38.3. The summed E-state index contributed by atoms with van der Waals surface area (Å²) in [6.07, 6.45) is -3.83. The Morgan fingerprint density at radius 2 is 1.09 bits per heavy atom. The number of methoxy groups -OCH3 is 2. The minimum atomic E-state index is -2.65. The van der Waals surface area contributed by atoms with Crippen molar-refractivity contribution in [2.75, 3.05) is 27.4 Å². The van der Waals surface area contributed by atoms with E-state index in [1.807, 2.05) is 97.1 Å². The molecular formula is C54H79N2O9PSi2. The van der Waals surface area contributed by atoms with E-state index in [0.29, 0.717) is 5.75 Å². The molecule has 0 N–H and O–H groups in total. The lowest BCUT2D eigenvalue weighted by Gasteiger charge is -2.53. The van der Waals surface area contributed by atoms with Gasteiger partial charge in [0.15, 0.2) is 16.6 Å². The number of rotatable bonds is 22. The SMILES string of the molecule is COc1ccc(C(OC[C@H]2O[C@@H](Oc3ccccc3)[C@H](O[Si](C)(C)C(C)(C)C)[C@@H](O[Si](C)(C)C(C)(C)C)[C@@H]2OP(OCCC#N)N(C(C)C)C(C)C)(c2ccccc2)c2ccc(OC)cc2)cc1. The van der Waals surface area contributed by atoms with Crippen molar-refractivity contribution in [3.63, 3.8) is 0 Å². The lowest BCUT2D eigenvalue weighted by Crippen LogP contribution is -2.67. The van der Waals surface area contributed by atoms with Gasteiger partial charge in [-0.3, -0.25) is 0 Å². The number of hydrogen-bond donors (Lipinski definition) is 0. The van der Waals surface area contributed by atoms with Crippen molar-refractivity contribution in [2.45, 2.75) is 160 Å². The van der Waals surface area contributed by atoms with Crippen molar-refractivity contribution >= 4 is 25.2 Å². The van der Waals surface area contributed by atoms with E-state index in [4.69, 9.17) is 41.6 Å². The molecule has 1 heterocycles. The monoisotopic (exact) mass is 987 g/mol. The fourth-order valence-electron chi connectivity index (χ4n) is 7.84. The van der Waals surface area contributed by atoms with E-state index in [9.17, 15) is 5.26 Å². The molecule has 4 aromatic rings. The van der Waals surface area contributed by atoms with Gasteiger partial charge in [0.25, 0.3) is 8.53 Å². The van der Waals surface area contributed by atoms with Crippen LogP contribution in [-0.4, -0.2) is 91.5 Å². The van der Waals surface area contributed by atoms with Crippen LogP contribution >= 0.6 is 8.53 Å². The van der Waals surface area contributed by atoms with Gasteiger partial charge >= 0.3 is 0 Å². The number of nitrogens with zero attached hydrogens (tertiary/aromatic N) is 2. The Kier molecular flexibility index (Phi) is 19.1. The Morgan fingerprint density at radius 3 is 1.53 bits per heavy atom. The molecule has 0 bridgehead atoms. The summed E-state index contributed by atoms with van der Waals surface area (Å²) in [7, 11) is -3.72. The maximum Gasteiger partial charge on any atom is 0.259 e. The Morgan fingerprint density at radius 1 is 0.632 bits per heavy atom. The zero-order valence-electron chi connectivity index (χ0n) is 43.6. The summed E-state index contributed by atoms with van der Waals surface area (Å²) >= 11 is 0. The smallest absolute Gasteiger partial charge is 0.259 e. The van der Waals surface area contributed by atoms with Crippen LogP contribution in [0.4, 0.5) is 0 Å². The summed E-state index contributed by atoms with van der Waals surface area (Å²) in [5.41, 5.74) is 1.48. The van der Waals surface area contributed by atoms with Crippen LogP contribution in [0.5, 0.6) is 17.2 Å². The Labute approximate surface area is 411 Å². The normalized spacial score (nSPS) is 20.1. The standard InChI is InChI=1S/C54H79N2O9PSi2/c1-39(2)56(40(3)4)66(60-37-23-36-55)63-48-47(38-59-54(41-24-19-17-20-25-41,42-28-32-44(57-11)33-29-42)43-30-34-45(58-12)35-31-43)62-51(61-46-26-21-18-22-27-46)50(65-68(15,16)53(8,9)10)49(48)64-67(13,14)52(5,6)7/h17-22,24-35,39-40,47-51H,23,37-38H2,1-16H3/t47-,48-,49+,50-,51-,66?/m1/s1. The third kappa shape index (κ3) is 13.2. The van der Waals surface area contributed by atoms with Gasteiger partial charge in [-0.05, 0) is 117 Å². The molecule has 0 spiro atoms. The highest BCUT2D eigenvalue weighted by Gasteiger charge is 2.57. The Balaban J connectivity index is 1.82. The van der Waals surface area contributed by atoms with Crippen LogP contribution in [0.25, 0.3) is 0 Å². The van der Waals surface area contributed by atoms with E-state index in [0.717, 1.165) is 28.2 Å². The summed E-state index contributed by atoms with van der Waals surface area (Å²) in [6.45, 7) is 31.2. The van der Waals surface area contributed by atoms with Crippen molar-refractivity contribution in [1.29, 1.82) is 5.26 Å². The van der Waals surface area contributed by atoms with E-state index in [1.54, 1.807) is 14.2 Å². The van der Waals surface area contributed by atoms with Crippen LogP contribution in [-0.2, 0) is 33.0 Å². The molecule has 14 heteroatoms. The van der Waals surface area contributed by atoms with Crippen molar-refractivity contribution in [3.05, 3.63) is 126 Å². The van der Waals surface area contributed by atoms with Crippen LogP contribution < -0.4 is 14.2 Å². The molecule has 0 amide bonds. The predicted octanol–water partition coefficient (Wildman–Crippen LogP) is 13.3. The molecule has 0 radical (unpaired) electrons. The van der Waals surface area contributed by atoms with Gasteiger partial charge in [-0.15, -0.1) is 0 Å². The van der Waals surface area contributed by atoms with E-state index in [1.165, 1.54) is 0 Å². The lowest BCUT2D eigenvalue weighted by atomic mass is 9.80. The van der Waals surface area contributed by atoms with Crippen LogP contribution in [0.2, 0.25) is 36.3 Å². The molecule has 6 atom stereocenters. The molecule has 4 aromatic carbocycles. The molecule has 372 valence electrons. The first-order chi connectivity index (χ1) is 32.0. The molecule has 0 saturated carbocycles. The summed E-state index contributed by atoms with van der Waals surface area (Å²) < 4.78 is 65.2. The van der Waals surface area contributed by atoms with Crippen LogP contribution in [0.1, 0.15) is 92.3 Å². The highest BCUT2D eigenvalue weighted by Crippen LogP contribution is 2.52. The van der Waals surface area contributed by atoms with Gasteiger partial charge in [-0.2, -0.15) is 5.26 Å². The molecule has 5 rings (SSSR count). The molecular weight excluding hydrogens is 908 g/mol. The molecule has 1 aliphatic rings. The van der Waals surface area contributed by atoms with Crippen molar-refractivity contribution < 1.29 is 41.6 Å². The third-order valence-electron chi connectivity index (χ3n) is 13.6. The van der Waals surface area contributed by atoms with E-state index in [2.05, 4.69) is 118 Å². The number of hydrogen-bond acceptors (Lipinski definition) is 11. The largest absolute Gasteiger partial charge is 0.497 e. The fraction of sp³-hybridized carbons (Fsp3) is 0.537. The van der Waals surface area contributed by atoms with Crippen LogP contribution in [0.15, 0.2) is 109 Å². The van der Waals surface area contributed by atoms with Gasteiger partial charge in [-0.25, -0.2) is 4.67 Å². The van der Waals surface area contributed by atoms with Gasteiger partial charge in [0.05, 0.1) is 39.9 Å². The maximum absolute atomic E-state index is 9.72. The van der Waals surface area contributed by atoms with Crippen molar-refractivity contribution in [2.24, 2.45) is 0 Å². The fourth-order valence-corrected chi connectivity index (χ4v) is 12.2. The van der Waals surface area contributed by atoms with Gasteiger partial charge in [0.1, 0.15) is 47.3 Å². The maximum atomic E-state index is 9.72. The van der Waals surface area contributed by atoms with Gasteiger partial charge < -0.3 is 41.6 Å². The first-order valence-electron chi connectivity index (χ1n) is 24.0. The van der Waals surface area contributed by atoms with Crippen molar-refractivity contribution in [1.82, 2.24) is 4.67 Å². The second-order valence-electron chi connectivity index (χ2n) is 21.1. The summed E-state index contributed by atoms with van der Waals surface area (Å²) in [5.74, 6) is 2.08. The molecule has 0 aliphatic carbocycles.